The number of imide groups is 2. The third-order valence-electron chi connectivity index (χ3n) is 9.16. The molecular formula is C31H27BrCl2N2O7. The van der Waals surface area contributed by atoms with E-state index in [9.17, 15) is 29.1 Å². The minimum atomic E-state index is -1.96. The molecule has 2 saturated heterocycles. The van der Waals surface area contributed by atoms with Gasteiger partial charge in [0.25, 0.3) is 11.8 Å². The van der Waals surface area contributed by atoms with Gasteiger partial charge in [0.15, 0.2) is 27.0 Å². The molecule has 3 fully saturated rings. The van der Waals surface area contributed by atoms with Crippen molar-refractivity contribution in [3.63, 3.8) is 0 Å². The summed E-state index contributed by atoms with van der Waals surface area (Å²) in [7, 11) is 0. The van der Waals surface area contributed by atoms with Crippen LogP contribution in [0.5, 0.6) is 11.5 Å². The van der Waals surface area contributed by atoms with Crippen molar-refractivity contribution < 1.29 is 33.8 Å². The van der Waals surface area contributed by atoms with Crippen LogP contribution in [0.2, 0.25) is 0 Å². The minimum absolute atomic E-state index is 0.115. The van der Waals surface area contributed by atoms with Crippen LogP contribution < -0.4 is 9.64 Å². The Labute approximate surface area is 265 Å². The number of fused-ring (bicyclic) bond motifs is 4. The number of anilines is 1. The van der Waals surface area contributed by atoms with Gasteiger partial charge in [-0.25, -0.2) is 0 Å². The number of benzene rings is 2. The third-order valence-corrected chi connectivity index (χ3v) is 11.1. The zero-order valence-electron chi connectivity index (χ0n) is 23.2. The van der Waals surface area contributed by atoms with Crippen molar-refractivity contribution in [3.8, 4) is 11.5 Å². The van der Waals surface area contributed by atoms with E-state index in [2.05, 4.69) is 15.9 Å². The molecule has 0 bridgehead atoms. The predicted octanol–water partition coefficient (Wildman–Crippen LogP) is 4.91. The van der Waals surface area contributed by atoms with E-state index >= 15 is 0 Å². The lowest BCUT2D eigenvalue weighted by Crippen LogP contribution is -2.60. The summed E-state index contributed by atoms with van der Waals surface area (Å²) >= 11 is 17.7. The number of amides is 4. The first-order valence-corrected chi connectivity index (χ1v) is 15.7. The quantitative estimate of drug-likeness (QED) is 0.150. The Morgan fingerprint density at radius 2 is 1.74 bits per heavy atom. The summed E-state index contributed by atoms with van der Waals surface area (Å²) in [6, 6.07) is 10.8. The van der Waals surface area contributed by atoms with Gasteiger partial charge in [-0.05, 0) is 74.6 Å². The highest BCUT2D eigenvalue weighted by Crippen LogP contribution is 2.65. The van der Waals surface area contributed by atoms with E-state index in [1.54, 1.807) is 43.3 Å². The van der Waals surface area contributed by atoms with Gasteiger partial charge in [0, 0.05) is 11.5 Å². The molecule has 6 atom stereocenters. The van der Waals surface area contributed by atoms with Gasteiger partial charge >= 0.3 is 0 Å². The maximum atomic E-state index is 14.1. The monoisotopic (exact) mass is 688 g/mol. The first-order valence-electron chi connectivity index (χ1n) is 13.8. The molecule has 1 N–H and O–H groups in total. The van der Waals surface area contributed by atoms with Crippen LogP contribution >= 0.6 is 39.1 Å². The highest BCUT2D eigenvalue weighted by molar-refractivity contribution is 9.09. The maximum absolute atomic E-state index is 14.1. The van der Waals surface area contributed by atoms with Gasteiger partial charge < -0.3 is 9.84 Å². The first kappa shape index (κ1) is 29.8. The number of Topliss-reactive ketones (excluding diaryl/α,β-unsaturated/α-hetero) is 1. The SMILES string of the molecule is CCOc1cc([C@H]2C3=CC[C@@H]4C(=O)N(c5ccc(C(C)=O)cc5)C(=O)[C@@H]4[C@@H]3C[C@@]3(Cl)C(=O)N(CBr)C(=O)[C@@]23Cl)ccc1O. The highest BCUT2D eigenvalue weighted by atomic mass is 79.9. The van der Waals surface area contributed by atoms with Gasteiger partial charge in [-0.2, -0.15) is 0 Å². The van der Waals surface area contributed by atoms with Crippen LogP contribution in [0.15, 0.2) is 54.1 Å². The van der Waals surface area contributed by atoms with Gasteiger partial charge in [0.05, 0.1) is 29.6 Å². The molecule has 2 aliphatic heterocycles. The fourth-order valence-corrected chi connectivity index (χ4v) is 8.63. The highest BCUT2D eigenvalue weighted by Gasteiger charge is 2.76. The van der Waals surface area contributed by atoms with Crippen LogP contribution in [-0.4, -0.2) is 61.2 Å². The van der Waals surface area contributed by atoms with E-state index in [-0.39, 0.29) is 48.1 Å². The number of carbonyl (C=O) groups excluding carboxylic acids is 5. The van der Waals surface area contributed by atoms with Crippen LogP contribution in [0, 0.1) is 17.8 Å². The molecule has 2 aromatic rings. The van der Waals surface area contributed by atoms with E-state index in [1.807, 2.05) is 6.08 Å². The molecule has 1 saturated carbocycles. The zero-order valence-corrected chi connectivity index (χ0v) is 26.3. The van der Waals surface area contributed by atoms with Crippen molar-refractivity contribution in [2.45, 2.75) is 42.4 Å². The molecule has 0 aromatic heterocycles. The Balaban J connectivity index is 1.49. The Hall–Kier alpha value is -3.21. The van der Waals surface area contributed by atoms with Crippen LogP contribution in [-0.2, 0) is 19.2 Å². The normalized spacial score (nSPS) is 31.5. The molecule has 6 rings (SSSR count). The number of carbonyl (C=O) groups is 5. The van der Waals surface area contributed by atoms with Crippen molar-refractivity contribution in [3.05, 3.63) is 65.2 Å². The summed E-state index contributed by atoms with van der Waals surface area (Å²) in [5, 5.41) is 10.4. The molecule has 9 nitrogen and oxygen atoms in total. The third kappa shape index (κ3) is 4.05. The second-order valence-corrected chi connectivity index (χ2v) is 13.0. The lowest BCUT2D eigenvalue weighted by atomic mass is 9.56. The van der Waals surface area contributed by atoms with Crippen molar-refractivity contribution in [2.75, 3.05) is 17.0 Å². The standard InChI is InChI=1S/C31H27BrCl2N2O7/c1-3-43-23-12-17(6-11-22(23)38)25-19-9-10-20-24(21(19)13-30(33)28(41)35(14-32)29(42)31(25,30)34)27(40)36(26(20)39)18-7-4-16(5-8-18)15(2)37/h4-9,11-12,20-21,24-25,38H,3,10,13-14H2,1-2H3/t20-,21+,24-,25-,30+,31-/m0/s1. The number of allylic oxidation sites excluding steroid dienone is 2. The molecule has 224 valence electrons. The molecule has 0 unspecified atom stereocenters. The van der Waals surface area contributed by atoms with E-state index < -0.39 is 51.1 Å². The molecule has 4 amide bonds. The minimum Gasteiger partial charge on any atom is -0.504 e. The average Bonchev–Trinajstić information content (AvgIpc) is 3.32. The van der Waals surface area contributed by atoms with Crippen LogP contribution in [0.25, 0.3) is 0 Å². The fraction of sp³-hybridized carbons (Fsp3) is 0.387. The summed E-state index contributed by atoms with van der Waals surface area (Å²) in [6.45, 7) is 3.45. The largest absolute Gasteiger partial charge is 0.504 e. The smallest absolute Gasteiger partial charge is 0.254 e. The molecule has 0 radical (unpaired) electrons. The van der Waals surface area contributed by atoms with Gasteiger partial charge in [0.1, 0.15) is 0 Å². The number of ether oxygens (including phenoxy) is 1. The molecule has 4 aliphatic rings. The second-order valence-electron chi connectivity index (χ2n) is 11.3. The summed E-state index contributed by atoms with van der Waals surface area (Å²) < 4.78 is 5.61. The predicted molar refractivity (Wildman–Crippen MR) is 162 cm³/mol. The number of hydrogen-bond acceptors (Lipinski definition) is 7. The lowest BCUT2D eigenvalue weighted by Gasteiger charge is -2.50. The maximum Gasteiger partial charge on any atom is 0.254 e. The molecule has 2 heterocycles. The number of alkyl halides is 3. The van der Waals surface area contributed by atoms with Crippen molar-refractivity contribution >= 4 is 74.2 Å². The molecule has 12 heteroatoms. The summed E-state index contributed by atoms with van der Waals surface area (Å²) in [5.74, 6) is -5.53. The number of aromatic hydroxyl groups is 1. The molecule has 43 heavy (non-hydrogen) atoms. The van der Waals surface area contributed by atoms with Gasteiger partial charge in [-0.1, -0.05) is 33.6 Å². The number of rotatable bonds is 6. The summed E-state index contributed by atoms with van der Waals surface area (Å²) in [5.41, 5.74) is 1.77. The summed E-state index contributed by atoms with van der Waals surface area (Å²) in [4.78, 5) is 65.5. The van der Waals surface area contributed by atoms with Crippen molar-refractivity contribution in [1.29, 1.82) is 0 Å². The van der Waals surface area contributed by atoms with Crippen molar-refractivity contribution in [2.24, 2.45) is 17.8 Å². The van der Waals surface area contributed by atoms with Crippen LogP contribution in [0.3, 0.4) is 0 Å². The van der Waals surface area contributed by atoms with Crippen LogP contribution in [0.4, 0.5) is 5.69 Å². The lowest BCUT2D eigenvalue weighted by molar-refractivity contribution is -0.138. The van der Waals surface area contributed by atoms with Crippen molar-refractivity contribution in [1.82, 2.24) is 4.90 Å². The number of nitrogens with zero attached hydrogens (tertiary/aromatic N) is 2. The first-order chi connectivity index (χ1) is 20.4. The van der Waals surface area contributed by atoms with Crippen LogP contribution in [0.1, 0.15) is 48.5 Å². The Morgan fingerprint density at radius 3 is 2.37 bits per heavy atom. The van der Waals surface area contributed by atoms with E-state index in [0.29, 0.717) is 22.4 Å². The van der Waals surface area contributed by atoms with E-state index in [4.69, 9.17) is 27.9 Å². The van der Waals surface area contributed by atoms with E-state index in [0.717, 1.165) is 9.80 Å². The van der Waals surface area contributed by atoms with Gasteiger partial charge in [0.2, 0.25) is 11.8 Å². The van der Waals surface area contributed by atoms with E-state index in [1.165, 1.54) is 13.0 Å². The number of phenols is 1. The Morgan fingerprint density at radius 1 is 1.05 bits per heavy atom. The van der Waals surface area contributed by atoms with Gasteiger partial charge in [-0.3, -0.25) is 33.8 Å². The average molecular weight is 690 g/mol. The number of hydrogen-bond donors (Lipinski definition) is 1. The molecule has 0 spiro atoms. The topological polar surface area (TPSA) is 121 Å². The number of phenolic OH excluding ortho intramolecular Hbond substituents is 1. The molecule has 2 aliphatic carbocycles. The molecular weight excluding hydrogens is 663 g/mol. The second kappa shape index (κ2) is 10.5. The van der Waals surface area contributed by atoms with Gasteiger partial charge in [-0.15, -0.1) is 23.2 Å². The Kier molecular flexibility index (Phi) is 7.26. The Bertz CT molecular complexity index is 1630. The zero-order chi connectivity index (χ0) is 31.0. The number of ketones is 1. The fourth-order valence-electron chi connectivity index (χ4n) is 7.21. The summed E-state index contributed by atoms with van der Waals surface area (Å²) in [6.07, 6.45) is 1.91. The molecule has 2 aromatic carbocycles. The number of halogens is 3. The number of likely N-dealkylation sites (tertiary alicyclic amines) is 1.